The number of rotatable bonds is 5. The molecular weight excluding hydrogens is 357 g/mol. The van der Waals surface area contributed by atoms with Gasteiger partial charge in [0.25, 0.3) is 0 Å². The average molecular weight is 382 g/mol. The molecule has 1 aliphatic rings. The summed E-state index contributed by atoms with van der Waals surface area (Å²) >= 11 is 0. The number of fused-ring (bicyclic) bond motifs is 1. The molecule has 2 N–H and O–H groups in total. The molecule has 1 fully saturated rings. The van der Waals surface area contributed by atoms with Gasteiger partial charge in [0.1, 0.15) is 18.1 Å². The second-order valence-corrected chi connectivity index (χ2v) is 7.30. The van der Waals surface area contributed by atoms with Gasteiger partial charge >= 0.3 is 0 Å². The van der Waals surface area contributed by atoms with Gasteiger partial charge in [0.2, 0.25) is 5.91 Å². The van der Waals surface area contributed by atoms with Crippen LogP contribution in [0.1, 0.15) is 11.1 Å². The Balaban J connectivity index is 1.35. The third-order valence-electron chi connectivity index (χ3n) is 5.52. The Kier molecular flexibility index (Phi) is 5.30. The third-order valence-corrected chi connectivity index (χ3v) is 5.52. The first-order valence-corrected chi connectivity index (χ1v) is 9.63. The molecule has 0 unspecified atom stereocenters. The summed E-state index contributed by atoms with van der Waals surface area (Å²) in [6, 6.07) is 12.7. The van der Waals surface area contributed by atoms with Crippen molar-refractivity contribution in [1.29, 1.82) is 0 Å². The standard InChI is InChI=1S/C22H24FN3O2/c1-28-21-7-6-18(23)12-17(21)15-25-8-10-26(11-9-25)22(27)13-16-14-24-20-5-3-2-4-19(16)20/h2-7,12,14,24H,8-11,13,15H2,1H3/p+1. The molecule has 0 spiro atoms. The SMILES string of the molecule is COc1ccc(F)cc1C[NH+]1CCN(C(=O)Cc2c[nH]c3ccccc23)CC1. The lowest BCUT2D eigenvalue weighted by Gasteiger charge is -2.32. The number of carbonyl (C=O) groups is 1. The van der Waals surface area contributed by atoms with Gasteiger partial charge in [-0.25, -0.2) is 4.39 Å². The summed E-state index contributed by atoms with van der Waals surface area (Å²) in [6.45, 7) is 3.83. The molecule has 2 aromatic carbocycles. The van der Waals surface area contributed by atoms with Gasteiger partial charge in [-0.05, 0) is 29.8 Å². The number of amides is 1. The van der Waals surface area contributed by atoms with Crippen LogP contribution in [0.2, 0.25) is 0 Å². The first kappa shape index (κ1) is 18.5. The summed E-state index contributed by atoms with van der Waals surface area (Å²) in [4.78, 5) is 19.3. The number of piperazine rings is 1. The van der Waals surface area contributed by atoms with E-state index in [-0.39, 0.29) is 11.7 Å². The highest BCUT2D eigenvalue weighted by Gasteiger charge is 2.25. The van der Waals surface area contributed by atoms with Crippen molar-refractivity contribution in [2.75, 3.05) is 33.3 Å². The first-order chi connectivity index (χ1) is 13.6. The summed E-state index contributed by atoms with van der Waals surface area (Å²) in [5, 5.41) is 1.11. The molecule has 6 heteroatoms. The number of benzene rings is 2. The zero-order chi connectivity index (χ0) is 19.5. The Bertz CT molecular complexity index is 977. The smallest absolute Gasteiger partial charge is 0.227 e. The fourth-order valence-corrected chi connectivity index (χ4v) is 3.96. The van der Waals surface area contributed by atoms with Crippen LogP contribution in [0.25, 0.3) is 10.9 Å². The largest absolute Gasteiger partial charge is 0.496 e. The van der Waals surface area contributed by atoms with E-state index in [1.807, 2.05) is 35.4 Å². The molecule has 2 heterocycles. The lowest BCUT2D eigenvalue weighted by molar-refractivity contribution is -0.917. The molecule has 28 heavy (non-hydrogen) atoms. The van der Waals surface area contributed by atoms with Crippen LogP contribution in [0, 0.1) is 5.82 Å². The minimum atomic E-state index is -0.247. The minimum absolute atomic E-state index is 0.159. The summed E-state index contributed by atoms with van der Waals surface area (Å²) in [5.41, 5.74) is 2.97. The molecule has 0 atom stereocenters. The predicted molar refractivity (Wildman–Crippen MR) is 106 cm³/mol. The van der Waals surface area contributed by atoms with E-state index in [1.165, 1.54) is 11.0 Å². The second kappa shape index (κ2) is 8.02. The summed E-state index contributed by atoms with van der Waals surface area (Å²) < 4.78 is 18.9. The highest BCUT2D eigenvalue weighted by Crippen LogP contribution is 2.19. The van der Waals surface area contributed by atoms with Gasteiger partial charge in [0.05, 0.1) is 45.3 Å². The van der Waals surface area contributed by atoms with Crippen LogP contribution in [0.15, 0.2) is 48.7 Å². The fraction of sp³-hybridized carbons (Fsp3) is 0.318. The average Bonchev–Trinajstić information content (AvgIpc) is 3.12. The van der Waals surface area contributed by atoms with E-state index in [2.05, 4.69) is 4.98 Å². The van der Waals surface area contributed by atoms with Crippen LogP contribution in [-0.2, 0) is 17.8 Å². The van der Waals surface area contributed by atoms with Crippen molar-refractivity contribution in [2.45, 2.75) is 13.0 Å². The lowest BCUT2D eigenvalue weighted by Crippen LogP contribution is -3.13. The Morgan fingerprint density at radius 1 is 1.18 bits per heavy atom. The van der Waals surface area contributed by atoms with Gasteiger partial charge in [0, 0.05) is 17.1 Å². The number of nitrogens with one attached hydrogen (secondary N) is 2. The number of para-hydroxylation sites is 1. The van der Waals surface area contributed by atoms with Crippen LogP contribution >= 0.6 is 0 Å². The van der Waals surface area contributed by atoms with Crippen molar-refractivity contribution in [3.63, 3.8) is 0 Å². The highest BCUT2D eigenvalue weighted by atomic mass is 19.1. The van der Waals surface area contributed by atoms with Crippen molar-refractivity contribution in [3.05, 3.63) is 65.6 Å². The number of aromatic nitrogens is 1. The molecule has 146 valence electrons. The van der Waals surface area contributed by atoms with Crippen molar-refractivity contribution in [2.24, 2.45) is 0 Å². The monoisotopic (exact) mass is 382 g/mol. The van der Waals surface area contributed by atoms with Gasteiger partial charge in [0.15, 0.2) is 0 Å². The van der Waals surface area contributed by atoms with Crippen LogP contribution in [-0.4, -0.2) is 49.1 Å². The van der Waals surface area contributed by atoms with E-state index in [0.717, 1.165) is 35.1 Å². The Labute approximate surface area is 163 Å². The number of halogens is 1. The molecule has 4 rings (SSSR count). The molecule has 1 saturated heterocycles. The normalized spacial score (nSPS) is 15.1. The summed E-state index contributed by atoms with van der Waals surface area (Å²) in [6.07, 6.45) is 2.34. The Hall–Kier alpha value is -2.86. The molecular formula is C22H25FN3O2+. The summed E-state index contributed by atoms with van der Waals surface area (Å²) in [5.74, 6) is 0.627. The predicted octanol–water partition coefficient (Wildman–Crippen LogP) is 1.79. The second-order valence-electron chi connectivity index (χ2n) is 7.30. The number of hydrogen-bond acceptors (Lipinski definition) is 2. The molecule has 1 aliphatic heterocycles. The summed E-state index contributed by atoms with van der Waals surface area (Å²) in [7, 11) is 1.60. The van der Waals surface area contributed by atoms with E-state index in [4.69, 9.17) is 4.74 Å². The van der Waals surface area contributed by atoms with Crippen LogP contribution in [0.3, 0.4) is 0 Å². The third kappa shape index (κ3) is 3.87. The highest BCUT2D eigenvalue weighted by molar-refractivity contribution is 5.88. The Morgan fingerprint density at radius 3 is 2.75 bits per heavy atom. The van der Waals surface area contributed by atoms with Crippen molar-refractivity contribution < 1.29 is 18.8 Å². The number of methoxy groups -OCH3 is 1. The first-order valence-electron chi connectivity index (χ1n) is 9.63. The van der Waals surface area contributed by atoms with E-state index >= 15 is 0 Å². The minimum Gasteiger partial charge on any atom is -0.496 e. The van der Waals surface area contributed by atoms with Gasteiger partial charge < -0.3 is 19.5 Å². The molecule has 0 aliphatic carbocycles. The topological polar surface area (TPSA) is 49.8 Å². The zero-order valence-corrected chi connectivity index (χ0v) is 16.0. The van der Waals surface area contributed by atoms with Crippen LogP contribution in [0.4, 0.5) is 4.39 Å². The fourth-order valence-electron chi connectivity index (χ4n) is 3.96. The number of ether oxygens (including phenoxy) is 1. The van der Waals surface area contributed by atoms with Crippen molar-refractivity contribution in [1.82, 2.24) is 9.88 Å². The van der Waals surface area contributed by atoms with Crippen LogP contribution < -0.4 is 9.64 Å². The quantitative estimate of drug-likeness (QED) is 0.707. The van der Waals surface area contributed by atoms with E-state index in [1.54, 1.807) is 19.2 Å². The number of aromatic amines is 1. The molecule has 1 aromatic heterocycles. The number of nitrogens with zero attached hydrogens (tertiary/aromatic N) is 1. The van der Waals surface area contributed by atoms with Crippen molar-refractivity contribution in [3.8, 4) is 5.75 Å². The van der Waals surface area contributed by atoms with Crippen LogP contribution in [0.5, 0.6) is 5.75 Å². The molecule has 0 radical (unpaired) electrons. The number of quaternary nitrogens is 1. The molecule has 3 aromatic rings. The van der Waals surface area contributed by atoms with Gasteiger partial charge in [-0.15, -0.1) is 0 Å². The maximum absolute atomic E-state index is 13.6. The number of hydrogen-bond donors (Lipinski definition) is 2. The zero-order valence-electron chi connectivity index (χ0n) is 16.0. The van der Waals surface area contributed by atoms with Gasteiger partial charge in [-0.1, -0.05) is 18.2 Å². The van der Waals surface area contributed by atoms with E-state index < -0.39 is 0 Å². The molecule has 5 nitrogen and oxygen atoms in total. The van der Waals surface area contributed by atoms with Gasteiger partial charge in [-0.2, -0.15) is 0 Å². The maximum Gasteiger partial charge on any atom is 0.227 e. The maximum atomic E-state index is 13.6. The van der Waals surface area contributed by atoms with Gasteiger partial charge in [-0.3, -0.25) is 4.79 Å². The number of H-pyrrole nitrogens is 1. The lowest BCUT2D eigenvalue weighted by atomic mass is 10.1. The Morgan fingerprint density at radius 2 is 1.96 bits per heavy atom. The molecule has 0 bridgehead atoms. The van der Waals surface area contributed by atoms with E-state index in [0.29, 0.717) is 31.8 Å². The number of carbonyl (C=O) groups excluding carboxylic acids is 1. The van der Waals surface area contributed by atoms with Crippen molar-refractivity contribution >= 4 is 16.8 Å². The molecule has 1 amide bonds. The molecule has 0 saturated carbocycles. The van der Waals surface area contributed by atoms with E-state index in [9.17, 15) is 9.18 Å².